The number of halogens is 2. The molecule has 0 aliphatic carbocycles. The van der Waals surface area contributed by atoms with E-state index >= 15 is 0 Å². The van der Waals surface area contributed by atoms with Crippen molar-refractivity contribution >= 4 is 56.7 Å². The van der Waals surface area contributed by atoms with Gasteiger partial charge in [0.1, 0.15) is 0 Å². The molecule has 29 heavy (non-hydrogen) atoms. The minimum atomic E-state index is -0.924. The zero-order valence-electron chi connectivity index (χ0n) is 15.1. The van der Waals surface area contributed by atoms with Gasteiger partial charge >= 0.3 is 11.9 Å². The molecular formula is C22H14CdCl2O4. The minimum absolute atomic E-state index is 0. The number of rotatable bonds is 2. The van der Waals surface area contributed by atoms with Crippen molar-refractivity contribution < 1.29 is 47.1 Å². The molecule has 7 heteroatoms. The van der Waals surface area contributed by atoms with E-state index < -0.39 is 11.9 Å². The summed E-state index contributed by atoms with van der Waals surface area (Å²) in [6.45, 7) is 0. The van der Waals surface area contributed by atoms with Gasteiger partial charge in [-0.3, -0.25) is 0 Å². The van der Waals surface area contributed by atoms with Crippen molar-refractivity contribution in [2.45, 2.75) is 0 Å². The first-order valence-corrected chi connectivity index (χ1v) is 8.95. The third-order valence-electron chi connectivity index (χ3n) is 4.15. The largest absolute Gasteiger partial charge is 0.478 e. The van der Waals surface area contributed by atoms with E-state index in [4.69, 9.17) is 33.4 Å². The fraction of sp³-hybridized carbons (Fsp3) is 0. The van der Waals surface area contributed by atoms with Crippen molar-refractivity contribution in [3.63, 3.8) is 0 Å². The van der Waals surface area contributed by atoms with Gasteiger partial charge in [0.15, 0.2) is 0 Å². The number of benzene rings is 4. The molecule has 2 N–H and O–H groups in total. The molecule has 142 valence electrons. The van der Waals surface area contributed by atoms with E-state index in [1.54, 1.807) is 60.7 Å². The third kappa shape index (κ3) is 5.47. The van der Waals surface area contributed by atoms with Crippen LogP contribution in [-0.4, -0.2) is 22.2 Å². The molecule has 0 aliphatic rings. The molecular weight excluding hydrogens is 512 g/mol. The average Bonchev–Trinajstić information content (AvgIpc) is 2.68. The van der Waals surface area contributed by atoms with Crippen molar-refractivity contribution in [3.05, 3.63) is 94.0 Å². The van der Waals surface area contributed by atoms with Gasteiger partial charge in [0.25, 0.3) is 0 Å². The summed E-state index contributed by atoms with van der Waals surface area (Å²) in [5.74, 6) is -1.85. The molecule has 0 spiro atoms. The summed E-state index contributed by atoms with van der Waals surface area (Å²) in [7, 11) is 0. The van der Waals surface area contributed by atoms with E-state index in [1.807, 2.05) is 12.1 Å². The molecule has 0 atom stereocenters. The summed E-state index contributed by atoms with van der Waals surface area (Å²) in [5.41, 5.74) is 0.555. The Morgan fingerprint density at radius 2 is 1.00 bits per heavy atom. The van der Waals surface area contributed by atoms with E-state index in [0.29, 0.717) is 10.0 Å². The molecule has 4 aromatic rings. The van der Waals surface area contributed by atoms with Crippen molar-refractivity contribution in [2.75, 3.05) is 0 Å². The zero-order chi connectivity index (χ0) is 20.3. The van der Waals surface area contributed by atoms with Crippen LogP contribution < -0.4 is 0 Å². The van der Waals surface area contributed by atoms with E-state index in [9.17, 15) is 9.59 Å². The van der Waals surface area contributed by atoms with Gasteiger partial charge in [-0.25, -0.2) is 9.59 Å². The Bertz CT molecular complexity index is 1110. The molecule has 0 heterocycles. The predicted octanol–water partition coefficient (Wildman–Crippen LogP) is 6.38. The first kappa shape index (κ1) is 23.1. The van der Waals surface area contributed by atoms with E-state index in [0.717, 1.165) is 21.5 Å². The Kier molecular flexibility index (Phi) is 8.01. The molecule has 0 unspecified atom stereocenters. The molecule has 0 fully saturated rings. The smallest absolute Gasteiger partial charge is 0.335 e. The maximum atomic E-state index is 10.7. The topological polar surface area (TPSA) is 74.6 Å². The van der Waals surface area contributed by atoms with Crippen LogP contribution in [0.15, 0.2) is 72.8 Å². The Morgan fingerprint density at radius 1 is 0.621 bits per heavy atom. The van der Waals surface area contributed by atoms with Crippen LogP contribution in [0.1, 0.15) is 20.7 Å². The van der Waals surface area contributed by atoms with Crippen LogP contribution in [0.3, 0.4) is 0 Å². The Balaban J connectivity index is 0.000000200. The van der Waals surface area contributed by atoms with Crippen molar-refractivity contribution in [2.24, 2.45) is 0 Å². The van der Waals surface area contributed by atoms with Gasteiger partial charge in [-0.2, -0.15) is 0 Å². The summed E-state index contributed by atoms with van der Waals surface area (Å²) < 4.78 is 0. The molecule has 4 rings (SSSR count). The van der Waals surface area contributed by atoms with E-state index in [-0.39, 0.29) is 38.4 Å². The zero-order valence-corrected chi connectivity index (χ0v) is 20.7. The number of carboxylic acids is 2. The van der Waals surface area contributed by atoms with Crippen LogP contribution >= 0.6 is 23.2 Å². The second-order valence-electron chi connectivity index (χ2n) is 5.96. The normalized spacial score (nSPS) is 10.0. The molecule has 0 aliphatic heterocycles. The number of fused-ring (bicyclic) bond motifs is 2. The third-order valence-corrected chi connectivity index (χ3v) is 4.81. The number of carboxylic acid groups (broad SMARTS) is 2. The van der Waals surface area contributed by atoms with Crippen LogP contribution in [0.25, 0.3) is 21.5 Å². The van der Waals surface area contributed by atoms with E-state index in [1.165, 1.54) is 0 Å². The van der Waals surface area contributed by atoms with Gasteiger partial charge in [0, 0.05) is 48.1 Å². The van der Waals surface area contributed by atoms with Crippen molar-refractivity contribution in [1.82, 2.24) is 0 Å². The fourth-order valence-electron chi connectivity index (χ4n) is 2.75. The first-order chi connectivity index (χ1) is 13.4. The molecule has 0 bridgehead atoms. The Morgan fingerprint density at radius 3 is 1.34 bits per heavy atom. The molecule has 4 nitrogen and oxygen atoms in total. The molecule has 0 saturated carbocycles. The van der Waals surface area contributed by atoms with Crippen LogP contribution in [0, 0.1) is 0 Å². The summed E-state index contributed by atoms with van der Waals surface area (Å²) in [4.78, 5) is 21.4. The van der Waals surface area contributed by atoms with Crippen LogP contribution in [0.4, 0.5) is 0 Å². The SMILES string of the molecule is O=C(O)c1ccc2c(Cl)cccc2c1.O=C(O)c1ccc2c(Cl)cccc2c1.[Cd]. The van der Waals surface area contributed by atoms with E-state index in [2.05, 4.69) is 0 Å². The Hall–Kier alpha value is -2.16. The maximum Gasteiger partial charge on any atom is 0.335 e. The van der Waals surface area contributed by atoms with Crippen LogP contribution in [-0.2, 0) is 27.3 Å². The van der Waals surface area contributed by atoms with Crippen LogP contribution in [0.5, 0.6) is 0 Å². The van der Waals surface area contributed by atoms with Crippen molar-refractivity contribution in [1.29, 1.82) is 0 Å². The number of hydrogen-bond acceptors (Lipinski definition) is 2. The fourth-order valence-corrected chi connectivity index (χ4v) is 3.24. The summed E-state index contributed by atoms with van der Waals surface area (Å²) in [5, 5.41) is 22.3. The van der Waals surface area contributed by atoms with Crippen molar-refractivity contribution in [3.8, 4) is 0 Å². The molecule has 0 aromatic heterocycles. The standard InChI is InChI=1S/2C11H7ClO2.Cd/c2*12-10-3-1-2-7-6-8(11(13)14)4-5-9(7)10;/h2*1-6H,(H,13,14);. The first-order valence-electron chi connectivity index (χ1n) is 8.20. The number of hydrogen-bond donors (Lipinski definition) is 2. The average molecular weight is 526 g/mol. The number of carbonyl (C=O) groups is 2. The summed E-state index contributed by atoms with van der Waals surface area (Å²) >= 11 is 11.9. The van der Waals surface area contributed by atoms with Gasteiger partial charge in [-0.1, -0.05) is 59.6 Å². The van der Waals surface area contributed by atoms with Gasteiger partial charge in [-0.15, -0.1) is 0 Å². The molecule has 0 radical (unpaired) electrons. The monoisotopic (exact) mass is 526 g/mol. The van der Waals surface area contributed by atoms with Crippen LogP contribution in [0.2, 0.25) is 10.0 Å². The quantitative estimate of drug-likeness (QED) is 0.298. The van der Waals surface area contributed by atoms with Gasteiger partial charge in [0.05, 0.1) is 11.1 Å². The molecule has 0 saturated heterocycles. The maximum absolute atomic E-state index is 10.7. The predicted molar refractivity (Wildman–Crippen MR) is 112 cm³/mol. The Labute approximate surface area is 196 Å². The second-order valence-corrected chi connectivity index (χ2v) is 6.78. The summed E-state index contributed by atoms with van der Waals surface area (Å²) in [6.07, 6.45) is 0. The van der Waals surface area contributed by atoms with Gasteiger partial charge in [-0.05, 0) is 47.2 Å². The van der Waals surface area contributed by atoms with Gasteiger partial charge in [0.2, 0.25) is 0 Å². The summed E-state index contributed by atoms with van der Waals surface area (Å²) in [6, 6.07) is 20.6. The molecule has 0 amide bonds. The number of aromatic carboxylic acids is 2. The van der Waals surface area contributed by atoms with Gasteiger partial charge < -0.3 is 10.2 Å². The second kappa shape index (κ2) is 10.0. The molecule has 4 aromatic carbocycles. The minimum Gasteiger partial charge on any atom is -0.478 e.